The summed E-state index contributed by atoms with van der Waals surface area (Å²) in [6.45, 7) is 0. The van der Waals surface area contributed by atoms with Crippen LogP contribution in [0.5, 0.6) is 0 Å². The molecule has 0 amide bonds. The number of oxime groups is 1. The van der Waals surface area contributed by atoms with Gasteiger partial charge in [-0.15, -0.1) is 0 Å². The van der Waals surface area contributed by atoms with Crippen LogP contribution in [-0.4, -0.2) is 17.2 Å². The summed E-state index contributed by atoms with van der Waals surface area (Å²) in [7, 11) is 0. The zero-order chi connectivity index (χ0) is 14.5. The number of halogens is 3. The van der Waals surface area contributed by atoms with Gasteiger partial charge in [0.05, 0.1) is 17.3 Å². The Morgan fingerprint density at radius 1 is 1.25 bits per heavy atom. The van der Waals surface area contributed by atoms with Crippen molar-refractivity contribution in [3.05, 3.63) is 64.4 Å². The molecule has 1 aromatic carbocycles. The molecular formula is C13H7ClF2N2O2. The highest BCUT2D eigenvalue weighted by Gasteiger charge is 2.12. The monoisotopic (exact) mass is 296 g/mol. The van der Waals surface area contributed by atoms with E-state index in [0.717, 1.165) is 18.3 Å². The Bertz CT molecular complexity index is 657. The fourth-order valence-electron chi connectivity index (χ4n) is 1.35. The minimum absolute atomic E-state index is 0.000298. The van der Waals surface area contributed by atoms with E-state index >= 15 is 0 Å². The first-order chi connectivity index (χ1) is 9.59. The predicted octanol–water partition coefficient (Wildman–Crippen LogP) is 3.20. The number of nitrogens with zero attached hydrogens (tertiary/aromatic N) is 2. The Labute approximate surface area is 117 Å². The number of carbonyl (C=O) groups is 1. The summed E-state index contributed by atoms with van der Waals surface area (Å²) in [4.78, 5) is 19.8. The van der Waals surface area contributed by atoms with Crippen molar-refractivity contribution < 1.29 is 18.4 Å². The number of benzene rings is 1. The van der Waals surface area contributed by atoms with E-state index in [1.807, 2.05) is 0 Å². The van der Waals surface area contributed by atoms with Crippen LogP contribution in [0.1, 0.15) is 15.9 Å². The fourth-order valence-corrected chi connectivity index (χ4v) is 1.54. The lowest BCUT2D eigenvalue weighted by Gasteiger charge is -2.00. The van der Waals surface area contributed by atoms with Gasteiger partial charge in [0.25, 0.3) is 0 Å². The van der Waals surface area contributed by atoms with Crippen molar-refractivity contribution in [1.82, 2.24) is 4.98 Å². The van der Waals surface area contributed by atoms with Gasteiger partial charge in [-0.05, 0) is 24.3 Å². The van der Waals surface area contributed by atoms with E-state index < -0.39 is 23.2 Å². The number of hydrogen-bond donors (Lipinski definition) is 0. The molecule has 4 nitrogen and oxygen atoms in total. The highest BCUT2D eigenvalue weighted by Crippen LogP contribution is 2.13. The molecule has 0 bridgehead atoms. The first kappa shape index (κ1) is 14.1. The second-order valence-electron chi connectivity index (χ2n) is 3.59. The zero-order valence-corrected chi connectivity index (χ0v) is 10.6. The Hall–Kier alpha value is -2.34. The standard InChI is InChI=1S/C13H7ClF2N2O2/c14-12-8(3-2-6-17-12)13(19)20-18-7-9-10(15)4-1-5-11(9)16/h1-7H/b18-7+. The highest BCUT2D eigenvalue weighted by atomic mass is 35.5. The Morgan fingerprint density at radius 2 is 1.95 bits per heavy atom. The van der Waals surface area contributed by atoms with Crippen molar-refractivity contribution in [2.24, 2.45) is 5.16 Å². The van der Waals surface area contributed by atoms with Gasteiger partial charge < -0.3 is 4.84 Å². The van der Waals surface area contributed by atoms with Crippen LogP contribution in [0.25, 0.3) is 0 Å². The van der Waals surface area contributed by atoms with Gasteiger partial charge in [0.15, 0.2) is 0 Å². The van der Waals surface area contributed by atoms with E-state index in [4.69, 9.17) is 11.6 Å². The number of hydrogen-bond acceptors (Lipinski definition) is 4. The molecule has 2 aromatic rings. The van der Waals surface area contributed by atoms with Gasteiger partial charge in [-0.25, -0.2) is 18.6 Å². The number of aromatic nitrogens is 1. The van der Waals surface area contributed by atoms with Crippen molar-refractivity contribution in [3.8, 4) is 0 Å². The maximum absolute atomic E-state index is 13.3. The molecule has 0 fully saturated rings. The molecule has 0 aliphatic carbocycles. The van der Waals surface area contributed by atoms with E-state index in [0.29, 0.717) is 0 Å². The maximum atomic E-state index is 13.3. The molecule has 0 spiro atoms. The van der Waals surface area contributed by atoms with Gasteiger partial charge in [0.2, 0.25) is 0 Å². The first-order valence-electron chi connectivity index (χ1n) is 5.39. The number of carbonyl (C=O) groups excluding carboxylic acids is 1. The predicted molar refractivity (Wildman–Crippen MR) is 68.6 cm³/mol. The summed E-state index contributed by atoms with van der Waals surface area (Å²) < 4.78 is 26.5. The Morgan fingerprint density at radius 3 is 2.60 bits per heavy atom. The summed E-state index contributed by atoms with van der Waals surface area (Å²) in [5.74, 6) is -2.51. The summed E-state index contributed by atoms with van der Waals surface area (Å²) in [5.41, 5.74) is -0.405. The molecule has 0 saturated carbocycles. The lowest BCUT2D eigenvalue weighted by molar-refractivity contribution is 0.0518. The smallest absolute Gasteiger partial charge is 0.313 e. The second kappa shape index (κ2) is 6.21. The minimum Gasteiger partial charge on any atom is -0.313 e. The van der Waals surface area contributed by atoms with Crippen molar-refractivity contribution in [1.29, 1.82) is 0 Å². The van der Waals surface area contributed by atoms with E-state index in [1.54, 1.807) is 0 Å². The van der Waals surface area contributed by atoms with Crippen LogP contribution in [0, 0.1) is 11.6 Å². The SMILES string of the molecule is O=C(O/N=C/c1c(F)cccc1F)c1cccnc1Cl. The third kappa shape index (κ3) is 3.16. The lowest BCUT2D eigenvalue weighted by Crippen LogP contribution is -2.03. The molecule has 7 heteroatoms. The topological polar surface area (TPSA) is 51.5 Å². The number of pyridine rings is 1. The van der Waals surface area contributed by atoms with Crippen LogP contribution in [-0.2, 0) is 4.84 Å². The number of rotatable bonds is 3. The zero-order valence-electron chi connectivity index (χ0n) is 9.89. The largest absolute Gasteiger partial charge is 0.368 e. The minimum atomic E-state index is -0.879. The van der Waals surface area contributed by atoms with Gasteiger partial charge in [-0.1, -0.05) is 22.8 Å². The quantitative estimate of drug-likeness (QED) is 0.378. The molecule has 0 N–H and O–H groups in total. The van der Waals surface area contributed by atoms with Crippen LogP contribution in [0.4, 0.5) is 8.78 Å². The van der Waals surface area contributed by atoms with E-state index in [2.05, 4.69) is 15.0 Å². The van der Waals surface area contributed by atoms with Crippen LogP contribution in [0.15, 0.2) is 41.7 Å². The van der Waals surface area contributed by atoms with Crippen LogP contribution >= 0.6 is 11.6 Å². The fraction of sp³-hybridized carbons (Fsp3) is 0. The molecular weight excluding hydrogens is 290 g/mol. The van der Waals surface area contributed by atoms with Gasteiger partial charge in [-0.3, -0.25) is 0 Å². The van der Waals surface area contributed by atoms with Gasteiger partial charge in [-0.2, -0.15) is 0 Å². The molecule has 1 aromatic heterocycles. The van der Waals surface area contributed by atoms with E-state index in [-0.39, 0.29) is 10.7 Å². The first-order valence-corrected chi connectivity index (χ1v) is 5.76. The average Bonchev–Trinajstić information content (AvgIpc) is 2.42. The Balaban J connectivity index is 2.11. The molecule has 0 aliphatic rings. The van der Waals surface area contributed by atoms with Crippen molar-refractivity contribution >= 4 is 23.8 Å². The van der Waals surface area contributed by atoms with Crippen molar-refractivity contribution in [3.63, 3.8) is 0 Å². The van der Waals surface area contributed by atoms with Gasteiger partial charge in [0.1, 0.15) is 16.8 Å². The van der Waals surface area contributed by atoms with Crippen molar-refractivity contribution in [2.45, 2.75) is 0 Å². The van der Waals surface area contributed by atoms with Gasteiger partial charge in [0, 0.05) is 6.20 Å². The molecule has 2 rings (SSSR count). The summed E-state index contributed by atoms with van der Waals surface area (Å²) in [6, 6.07) is 6.21. The molecule has 0 atom stereocenters. The molecule has 102 valence electrons. The third-order valence-electron chi connectivity index (χ3n) is 2.30. The maximum Gasteiger partial charge on any atom is 0.368 e. The van der Waals surface area contributed by atoms with Gasteiger partial charge >= 0.3 is 5.97 Å². The third-order valence-corrected chi connectivity index (χ3v) is 2.60. The van der Waals surface area contributed by atoms with E-state index in [1.165, 1.54) is 24.4 Å². The molecule has 0 radical (unpaired) electrons. The molecule has 0 unspecified atom stereocenters. The summed E-state index contributed by atoms with van der Waals surface area (Å²) in [6.07, 6.45) is 2.17. The molecule has 20 heavy (non-hydrogen) atoms. The van der Waals surface area contributed by atoms with Crippen LogP contribution < -0.4 is 0 Å². The summed E-state index contributed by atoms with van der Waals surface area (Å²) in [5, 5.41) is 3.19. The molecule has 0 saturated heterocycles. The highest BCUT2D eigenvalue weighted by molar-refractivity contribution is 6.32. The summed E-state index contributed by atoms with van der Waals surface area (Å²) >= 11 is 5.68. The average molecular weight is 297 g/mol. The molecule has 1 heterocycles. The van der Waals surface area contributed by atoms with E-state index in [9.17, 15) is 13.6 Å². The normalized spacial score (nSPS) is 10.8. The molecule has 0 aliphatic heterocycles. The van der Waals surface area contributed by atoms with Crippen LogP contribution in [0.2, 0.25) is 5.15 Å². The second-order valence-corrected chi connectivity index (χ2v) is 3.95. The van der Waals surface area contributed by atoms with Crippen LogP contribution in [0.3, 0.4) is 0 Å². The Kier molecular flexibility index (Phi) is 4.37. The van der Waals surface area contributed by atoms with Crippen molar-refractivity contribution in [2.75, 3.05) is 0 Å². The lowest BCUT2D eigenvalue weighted by atomic mass is 10.2.